The lowest BCUT2D eigenvalue weighted by atomic mass is 9.88. The zero-order chi connectivity index (χ0) is 26.5. The second-order valence-corrected chi connectivity index (χ2v) is 10.5. The topological polar surface area (TPSA) is 40.8 Å². The molecule has 0 amide bonds. The van der Waals surface area contributed by atoms with Gasteiger partial charge in [-0.25, -0.2) is 0 Å². The minimum atomic E-state index is 0.273. The third-order valence-electron chi connectivity index (χ3n) is 8.08. The molecule has 2 aliphatic heterocycles. The van der Waals surface area contributed by atoms with Crippen molar-refractivity contribution in [2.75, 3.05) is 21.0 Å². The number of fused-ring (bicyclic) bond motifs is 6. The monoisotopic (exact) mass is 538 g/mol. The van der Waals surface area contributed by atoms with Gasteiger partial charge in [0.15, 0.2) is 35.7 Å². The molecule has 0 saturated heterocycles. The van der Waals surface area contributed by atoms with Crippen molar-refractivity contribution in [2.45, 2.75) is 32.2 Å². The van der Waals surface area contributed by atoms with Crippen LogP contribution in [-0.2, 0) is 25.8 Å². The van der Waals surface area contributed by atoms with Crippen molar-refractivity contribution in [3.8, 4) is 34.3 Å². The Hall–Kier alpha value is -3.96. The number of rotatable bonds is 6. The molecule has 0 atom stereocenters. The smallest absolute Gasteiger partial charge is 0.231 e. The van der Waals surface area contributed by atoms with Crippen LogP contribution in [0.25, 0.3) is 32.8 Å². The molecule has 0 bridgehead atoms. The highest BCUT2D eigenvalue weighted by Gasteiger charge is 2.32. The van der Waals surface area contributed by atoms with Crippen LogP contribution in [0, 0.1) is 0 Å². The van der Waals surface area contributed by atoms with Gasteiger partial charge in [0.05, 0.1) is 25.2 Å². The number of hydrogen-bond acceptors (Lipinski definition) is 4. The Kier molecular flexibility index (Phi) is 5.97. The second kappa shape index (κ2) is 9.65. The number of aryl methyl sites for hydroxylation is 4. The molecule has 7 rings (SSSR count). The summed E-state index contributed by atoms with van der Waals surface area (Å²) in [5, 5.41) is 5.38. The predicted molar refractivity (Wildman–Crippen MR) is 153 cm³/mol. The van der Waals surface area contributed by atoms with Crippen LogP contribution in [0.5, 0.6) is 23.0 Å². The Morgan fingerprint density at radius 2 is 1.67 bits per heavy atom. The van der Waals surface area contributed by atoms with Crippen LogP contribution >= 0.6 is 11.6 Å². The summed E-state index contributed by atoms with van der Waals surface area (Å²) < 4.78 is 25.4. The Bertz CT molecular complexity index is 1760. The van der Waals surface area contributed by atoms with E-state index >= 15 is 0 Å². The Morgan fingerprint density at radius 1 is 0.846 bits per heavy atom. The maximum atomic E-state index is 6.50. The van der Waals surface area contributed by atoms with Gasteiger partial charge in [-0.15, -0.1) is 0 Å². The van der Waals surface area contributed by atoms with E-state index in [1.54, 1.807) is 14.2 Å². The zero-order valence-corrected chi connectivity index (χ0v) is 22.8. The fourth-order valence-electron chi connectivity index (χ4n) is 6.26. The maximum absolute atomic E-state index is 6.50. The molecule has 3 heterocycles. The fourth-order valence-corrected chi connectivity index (χ4v) is 6.49. The van der Waals surface area contributed by atoms with E-state index in [1.807, 2.05) is 18.2 Å². The number of aromatic nitrogens is 1. The molecule has 1 aromatic heterocycles. The summed E-state index contributed by atoms with van der Waals surface area (Å²) in [5.41, 5.74) is 6.39. The first-order valence-electron chi connectivity index (χ1n) is 13.4. The number of methoxy groups -OCH3 is 2. The SMILES string of the molecule is COc1ccc2c(CCCc3ccc(Cl)c4ccccc34)c3[n+](cc2c1OC)CCc1cc2c(cc1-3)OCO2. The number of halogens is 1. The van der Waals surface area contributed by atoms with Crippen molar-refractivity contribution in [3.05, 3.63) is 88.6 Å². The van der Waals surface area contributed by atoms with E-state index in [1.165, 1.54) is 38.7 Å². The van der Waals surface area contributed by atoms with Crippen molar-refractivity contribution >= 4 is 33.1 Å². The molecule has 0 fully saturated rings. The minimum absolute atomic E-state index is 0.273. The average Bonchev–Trinajstić information content (AvgIpc) is 3.43. The van der Waals surface area contributed by atoms with Gasteiger partial charge in [-0.1, -0.05) is 41.9 Å². The first kappa shape index (κ1) is 24.1. The van der Waals surface area contributed by atoms with Crippen LogP contribution in [0.4, 0.5) is 0 Å². The lowest BCUT2D eigenvalue weighted by Gasteiger charge is -2.21. The van der Waals surface area contributed by atoms with E-state index in [9.17, 15) is 0 Å². The molecule has 4 aromatic carbocycles. The summed E-state index contributed by atoms with van der Waals surface area (Å²) in [6.07, 6.45) is 6.00. The highest BCUT2D eigenvalue weighted by atomic mass is 35.5. The Balaban J connectivity index is 1.36. The second-order valence-electron chi connectivity index (χ2n) is 10.1. The molecule has 0 N–H and O–H groups in total. The van der Waals surface area contributed by atoms with Crippen molar-refractivity contribution < 1.29 is 23.5 Å². The third kappa shape index (κ3) is 3.95. The van der Waals surface area contributed by atoms with Gasteiger partial charge in [0.2, 0.25) is 12.5 Å². The van der Waals surface area contributed by atoms with Gasteiger partial charge in [-0.2, -0.15) is 4.57 Å². The lowest BCUT2D eigenvalue weighted by molar-refractivity contribution is -0.686. The third-order valence-corrected chi connectivity index (χ3v) is 8.41. The molecule has 196 valence electrons. The number of pyridine rings is 1. The van der Waals surface area contributed by atoms with Gasteiger partial charge in [-0.05, 0) is 66.1 Å². The average molecular weight is 539 g/mol. The normalized spacial score (nSPS) is 13.4. The summed E-state index contributed by atoms with van der Waals surface area (Å²) in [5.74, 6) is 3.16. The van der Waals surface area contributed by atoms with Crippen LogP contribution in [0.3, 0.4) is 0 Å². The van der Waals surface area contributed by atoms with Crippen LogP contribution in [-0.4, -0.2) is 21.0 Å². The number of benzene rings is 4. The zero-order valence-electron chi connectivity index (χ0n) is 22.1. The van der Waals surface area contributed by atoms with Crippen molar-refractivity contribution in [3.63, 3.8) is 0 Å². The highest BCUT2D eigenvalue weighted by Crippen LogP contribution is 2.44. The van der Waals surface area contributed by atoms with E-state index in [4.69, 9.17) is 30.5 Å². The molecule has 0 radical (unpaired) electrons. The molecule has 6 heteroatoms. The van der Waals surface area contributed by atoms with E-state index < -0.39 is 0 Å². The molecule has 0 aliphatic carbocycles. The number of ether oxygens (including phenoxy) is 4. The van der Waals surface area contributed by atoms with Crippen LogP contribution in [0.1, 0.15) is 23.1 Å². The van der Waals surface area contributed by atoms with Crippen LogP contribution in [0.15, 0.2) is 66.9 Å². The molecule has 5 aromatic rings. The Labute approximate surface area is 232 Å². The first-order chi connectivity index (χ1) is 19.2. The van der Waals surface area contributed by atoms with Crippen LogP contribution < -0.4 is 23.5 Å². The summed E-state index contributed by atoms with van der Waals surface area (Å²) in [7, 11) is 3.40. The standard InChI is InChI=1S/C33H29ClNO4/c1-36-29-13-11-23-25(9-5-6-20-10-12-28(34)24-8-4-3-7-22(20)24)32-26-17-31-30(38-19-39-31)16-21(26)14-15-35(32)18-27(23)33(29)37-2/h3-4,7-8,10-13,16-18H,5-6,9,14-15,19H2,1-2H3/q+1. The molecule has 2 aliphatic rings. The van der Waals surface area contributed by atoms with Gasteiger partial charge in [0, 0.05) is 27.8 Å². The van der Waals surface area contributed by atoms with Gasteiger partial charge in [-0.3, -0.25) is 0 Å². The first-order valence-corrected chi connectivity index (χ1v) is 13.7. The summed E-state index contributed by atoms with van der Waals surface area (Å²) >= 11 is 6.50. The van der Waals surface area contributed by atoms with Gasteiger partial charge < -0.3 is 18.9 Å². The van der Waals surface area contributed by atoms with Crippen molar-refractivity contribution in [1.82, 2.24) is 0 Å². The maximum Gasteiger partial charge on any atom is 0.231 e. The quantitative estimate of drug-likeness (QED) is 0.217. The molecule has 5 nitrogen and oxygen atoms in total. The Morgan fingerprint density at radius 3 is 2.49 bits per heavy atom. The van der Waals surface area contributed by atoms with E-state index in [-0.39, 0.29) is 6.79 Å². The van der Waals surface area contributed by atoms with Crippen molar-refractivity contribution in [2.24, 2.45) is 0 Å². The van der Waals surface area contributed by atoms with Crippen LogP contribution in [0.2, 0.25) is 5.02 Å². The van der Waals surface area contributed by atoms with E-state index in [2.05, 4.69) is 53.2 Å². The minimum Gasteiger partial charge on any atom is -0.493 e. The molecule has 0 spiro atoms. The lowest BCUT2D eigenvalue weighted by Crippen LogP contribution is -2.41. The van der Waals surface area contributed by atoms with E-state index in [0.29, 0.717) is 0 Å². The van der Waals surface area contributed by atoms with Crippen molar-refractivity contribution in [1.29, 1.82) is 0 Å². The van der Waals surface area contributed by atoms with Gasteiger partial charge in [0.25, 0.3) is 0 Å². The predicted octanol–water partition coefficient (Wildman–Crippen LogP) is 7.08. The molecule has 0 saturated carbocycles. The largest absolute Gasteiger partial charge is 0.493 e. The van der Waals surface area contributed by atoms with Gasteiger partial charge in [0.1, 0.15) is 0 Å². The fraction of sp³-hybridized carbons (Fsp3) is 0.242. The molecular weight excluding hydrogens is 510 g/mol. The van der Waals surface area contributed by atoms with Gasteiger partial charge >= 0.3 is 0 Å². The number of nitrogens with zero attached hydrogens (tertiary/aromatic N) is 1. The summed E-state index contributed by atoms with van der Waals surface area (Å²) in [6.45, 7) is 1.15. The number of hydrogen-bond donors (Lipinski definition) is 0. The molecule has 0 unspecified atom stereocenters. The summed E-state index contributed by atoms with van der Waals surface area (Å²) in [6, 6.07) is 21.1. The summed E-state index contributed by atoms with van der Waals surface area (Å²) in [4.78, 5) is 0. The molecular formula is C33H29ClNO4+. The van der Waals surface area contributed by atoms with E-state index in [0.717, 1.165) is 71.0 Å². The molecule has 39 heavy (non-hydrogen) atoms. The highest BCUT2D eigenvalue weighted by molar-refractivity contribution is 6.35.